The molecule has 0 bridgehead atoms. The summed E-state index contributed by atoms with van der Waals surface area (Å²) in [6.07, 6.45) is 2.62. The summed E-state index contributed by atoms with van der Waals surface area (Å²) in [4.78, 5) is 26.2. The molecule has 0 radical (unpaired) electrons. The molecule has 190 valence electrons. The van der Waals surface area contributed by atoms with Crippen molar-refractivity contribution in [1.29, 1.82) is 0 Å². The molecule has 4 aromatic carbocycles. The minimum Gasteiger partial charge on any atom is -0.364 e. The Balaban J connectivity index is 1.36. The van der Waals surface area contributed by atoms with Crippen molar-refractivity contribution in [2.75, 3.05) is 24.5 Å². The third-order valence-corrected chi connectivity index (χ3v) is 7.26. The first-order valence-electron chi connectivity index (χ1n) is 13.1. The smallest absolute Gasteiger partial charge is 0.254 e. The second kappa shape index (κ2) is 10.5. The van der Waals surface area contributed by atoms with Gasteiger partial charge in [0.2, 0.25) is 0 Å². The quantitative estimate of drug-likeness (QED) is 0.327. The van der Waals surface area contributed by atoms with Crippen LogP contribution in [0.15, 0.2) is 97.2 Å². The molecule has 0 atom stereocenters. The zero-order chi connectivity index (χ0) is 25.9. The van der Waals surface area contributed by atoms with Gasteiger partial charge in [-0.1, -0.05) is 72.8 Å². The summed E-state index contributed by atoms with van der Waals surface area (Å²) in [6, 6.07) is 31.1. The molecule has 38 heavy (non-hydrogen) atoms. The van der Waals surface area contributed by atoms with Crippen molar-refractivity contribution < 1.29 is 4.79 Å². The molecular weight excluding hydrogens is 470 g/mol. The topological polar surface area (TPSA) is 78.2 Å². The molecule has 0 aliphatic carbocycles. The molecule has 6 rings (SSSR count). The Kier molecular flexibility index (Phi) is 6.63. The number of carbonyl (C=O) groups is 1. The number of nitrogens with zero attached hydrogens (tertiary/aromatic N) is 3. The lowest BCUT2D eigenvalue weighted by Gasteiger charge is -2.24. The van der Waals surface area contributed by atoms with Gasteiger partial charge < -0.3 is 20.5 Å². The van der Waals surface area contributed by atoms with E-state index in [0.29, 0.717) is 26.2 Å². The zero-order valence-corrected chi connectivity index (χ0v) is 21.3. The molecule has 5 aromatic rings. The molecule has 2 heterocycles. The number of H-pyrrole nitrogens is 1. The van der Waals surface area contributed by atoms with Crippen molar-refractivity contribution in [3.63, 3.8) is 0 Å². The molecule has 3 N–H and O–H groups in total. The van der Waals surface area contributed by atoms with Gasteiger partial charge in [0.1, 0.15) is 5.82 Å². The van der Waals surface area contributed by atoms with Gasteiger partial charge in [-0.2, -0.15) is 0 Å². The molecule has 0 unspecified atom stereocenters. The minimum atomic E-state index is 0.0616. The van der Waals surface area contributed by atoms with E-state index < -0.39 is 0 Å². The molecule has 0 saturated carbocycles. The number of aromatic nitrogens is 2. The number of nitrogens with two attached hydrogens (primary N) is 1. The fourth-order valence-electron chi connectivity index (χ4n) is 5.35. The van der Waals surface area contributed by atoms with Crippen LogP contribution in [-0.4, -0.2) is 40.4 Å². The number of imidazole rings is 1. The molecular formula is C32H31N5O. The van der Waals surface area contributed by atoms with Crippen LogP contribution in [0, 0.1) is 0 Å². The van der Waals surface area contributed by atoms with Gasteiger partial charge in [0.05, 0.1) is 18.4 Å². The van der Waals surface area contributed by atoms with E-state index in [0.717, 1.165) is 63.2 Å². The summed E-state index contributed by atoms with van der Waals surface area (Å²) in [5.74, 6) is 0.969. The van der Waals surface area contributed by atoms with Crippen molar-refractivity contribution in [3.8, 4) is 11.1 Å². The van der Waals surface area contributed by atoms with Crippen LogP contribution in [-0.2, 0) is 19.5 Å². The highest BCUT2D eigenvalue weighted by Gasteiger charge is 2.25. The highest BCUT2D eigenvalue weighted by Crippen LogP contribution is 2.32. The third kappa shape index (κ3) is 4.78. The van der Waals surface area contributed by atoms with Crippen LogP contribution in [0.1, 0.15) is 27.4 Å². The van der Waals surface area contributed by atoms with E-state index in [9.17, 15) is 4.79 Å². The van der Waals surface area contributed by atoms with E-state index in [-0.39, 0.29) is 5.91 Å². The molecule has 1 amide bonds. The van der Waals surface area contributed by atoms with E-state index in [4.69, 9.17) is 5.73 Å². The average Bonchev–Trinajstić information content (AvgIpc) is 3.32. The molecule has 6 heteroatoms. The van der Waals surface area contributed by atoms with Gasteiger partial charge >= 0.3 is 0 Å². The van der Waals surface area contributed by atoms with Crippen LogP contribution in [0.3, 0.4) is 0 Å². The van der Waals surface area contributed by atoms with Crippen molar-refractivity contribution in [2.45, 2.75) is 19.5 Å². The van der Waals surface area contributed by atoms with Gasteiger partial charge in [-0.05, 0) is 52.2 Å². The molecule has 1 aliphatic heterocycles. The van der Waals surface area contributed by atoms with Crippen LogP contribution < -0.4 is 10.6 Å². The maximum atomic E-state index is 14.0. The van der Waals surface area contributed by atoms with Crippen LogP contribution in [0.4, 0.5) is 5.69 Å². The van der Waals surface area contributed by atoms with E-state index in [2.05, 4.69) is 69.5 Å². The predicted molar refractivity (Wildman–Crippen MR) is 153 cm³/mol. The lowest BCUT2D eigenvalue weighted by atomic mass is 10.0. The number of carbonyl (C=O) groups excluding carboxylic acids is 1. The summed E-state index contributed by atoms with van der Waals surface area (Å²) in [5, 5.41) is 2.07. The average molecular weight is 502 g/mol. The number of hydrogen-bond donors (Lipinski definition) is 2. The first-order valence-corrected chi connectivity index (χ1v) is 13.1. The highest BCUT2D eigenvalue weighted by molar-refractivity contribution is 6.07. The largest absolute Gasteiger partial charge is 0.364 e. The Morgan fingerprint density at radius 1 is 0.895 bits per heavy atom. The Bertz CT molecular complexity index is 1570. The molecule has 0 saturated heterocycles. The molecule has 6 nitrogen and oxygen atoms in total. The van der Waals surface area contributed by atoms with Crippen LogP contribution in [0.5, 0.6) is 0 Å². The lowest BCUT2D eigenvalue weighted by Crippen LogP contribution is -2.35. The Labute approximate surface area is 222 Å². The third-order valence-electron chi connectivity index (χ3n) is 7.26. The maximum absolute atomic E-state index is 14.0. The second-order valence-corrected chi connectivity index (χ2v) is 9.78. The number of aromatic amines is 1. The first kappa shape index (κ1) is 23.9. The Morgan fingerprint density at radius 2 is 1.71 bits per heavy atom. The predicted octanol–water partition coefficient (Wildman–Crippen LogP) is 5.39. The van der Waals surface area contributed by atoms with Gasteiger partial charge in [-0.3, -0.25) is 4.79 Å². The fraction of sp³-hybridized carbons (Fsp3) is 0.188. The number of rotatable bonds is 6. The van der Waals surface area contributed by atoms with Crippen molar-refractivity contribution in [3.05, 3.63) is 120 Å². The summed E-state index contributed by atoms with van der Waals surface area (Å²) >= 11 is 0. The van der Waals surface area contributed by atoms with Gasteiger partial charge in [0.15, 0.2) is 0 Å². The van der Waals surface area contributed by atoms with E-state index in [1.54, 1.807) is 0 Å². The van der Waals surface area contributed by atoms with Gasteiger partial charge in [0.25, 0.3) is 5.91 Å². The van der Waals surface area contributed by atoms with Crippen molar-refractivity contribution >= 4 is 22.4 Å². The SMILES string of the molecule is NCCc1ncc(CN2CCN(C(=O)c3cccc4ccccc34)Cc3cc(-c4ccccc4)ccc32)[nH]1. The first-order chi connectivity index (χ1) is 18.7. The Hall–Kier alpha value is -4.42. The summed E-state index contributed by atoms with van der Waals surface area (Å²) in [5.41, 5.74) is 12.1. The Morgan fingerprint density at radius 3 is 2.58 bits per heavy atom. The van der Waals surface area contributed by atoms with E-state index >= 15 is 0 Å². The standard InChI is InChI=1S/C32H31N5O/c33-16-15-31-34-20-27(35-31)22-36-17-18-37(32(38)29-12-6-10-24-9-4-5-11-28(24)29)21-26-19-25(13-14-30(26)36)23-7-2-1-3-8-23/h1-14,19-20H,15-18,21-22,33H2,(H,34,35). The van der Waals surface area contributed by atoms with Crippen molar-refractivity contribution in [1.82, 2.24) is 14.9 Å². The second-order valence-electron chi connectivity index (χ2n) is 9.78. The van der Waals surface area contributed by atoms with Crippen LogP contribution in [0.25, 0.3) is 21.9 Å². The van der Waals surface area contributed by atoms with E-state index in [1.807, 2.05) is 47.5 Å². The van der Waals surface area contributed by atoms with Crippen LogP contribution >= 0.6 is 0 Å². The summed E-state index contributed by atoms with van der Waals surface area (Å²) < 4.78 is 0. The number of hydrogen-bond acceptors (Lipinski definition) is 4. The van der Waals surface area contributed by atoms with Crippen LogP contribution in [0.2, 0.25) is 0 Å². The van der Waals surface area contributed by atoms with E-state index in [1.165, 1.54) is 0 Å². The molecule has 0 spiro atoms. The maximum Gasteiger partial charge on any atom is 0.254 e. The molecule has 1 aliphatic rings. The fourth-order valence-corrected chi connectivity index (χ4v) is 5.35. The molecule has 0 fully saturated rings. The monoisotopic (exact) mass is 501 g/mol. The number of benzene rings is 4. The number of fused-ring (bicyclic) bond motifs is 2. The number of amides is 1. The summed E-state index contributed by atoms with van der Waals surface area (Å²) in [6.45, 7) is 3.15. The number of anilines is 1. The number of nitrogens with one attached hydrogen (secondary N) is 1. The van der Waals surface area contributed by atoms with Gasteiger partial charge in [-0.25, -0.2) is 4.98 Å². The molecule has 1 aromatic heterocycles. The summed E-state index contributed by atoms with van der Waals surface area (Å²) in [7, 11) is 0. The highest BCUT2D eigenvalue weighted by atomic mass is 16.2. The lowest BCUT2D eigenvalue weighted by molar-refractivity contribution is 0.0753. The zero-order valence-electron chi connectivity index (χ0n) is 21.3. The normalized spacial score (nSPS) is 13.4. The van der Waals surface area contributed by atoms with Crippen molar-refractivity contribution in [2.24, 2.45) is 5.73 Å². The van der Waals surface area contributed by atoms with Gasteiger partial charge in [-0.15, -0.1) is 0 Å². The van der Waals surface area contributed by atoms with Gasteiger partial charge in [0, 0.05) is 37.3 Å². The minimum absolute atomic E-state index is 0.0616.